The highest BCUT2D eigenvalue weighted by Gasteiger charge is 2.31. The molecule has 0 unspecified atom stereocenters. The van der Waals surface area contributed by atoms with Gasteiger partial charge in [0.1, 0.15) is 18.1 Å². The molecule has 222 valence electrons. The minimum Gasteiger partial charge on any atom is -0.370 e. The molecule has 4 amide bonds. The van der Waals surface area contributed by atoms with Gasteiger partial charge in [0.25, 0.3) is 0 Å². The van der Waals surface area contributed by atoms with Crippen LogP contribution in [-0.2, 0) is 32.0 Å². The van der Waals surface area contributed by atoms with Gasteiger partial charge in [0.05, 0.1) is 6.04 Å². The smallest absolute Gasteiger partial charge is 0.243 e. The van der Waals surface area contributed by atoms with Crippen molar-refractivity contribution in [1.82, 2.24) is 16.0 Å². The van der Waals surface area contributed by atoms with Crippen LogP contribution in [0.4, 0.5) is 0 Å². The summed E-state index contributed by atoms with van der Waals surface area (Å²) in [5.74, 6) is -2.75. The van der Waals surface area contributed by atoms with Gasteiger partial charge in [-0.3, -0.25) is 24.2 Å². The van der Waals surface area contributed by atoms with Gasteiger partial charge in [-0.1, -0.05) is 74.5 Å². The molecule has 0 bridgehead atoms. The third-order valence-electron chi connectivity index (χ3n) is 6.40. The number of hydrogen-bond acceptors (Lipinski definition) is 6. The van der Waals surface area contributed by atoms with Gasteiger partial charge in [0.2, 0.25) is 23.6 Å². The second kappa shape index (κ2) is 16.6. The minimum atomic E-state index is -1.05. The van der Waals surface area contributed by atoms with Crippen molar-refractivity contribution < 1.29 is 19.2 Å². The lowest BCUT2D eigenvalue weighted by Gasteiger charge is -2.27. The van der Waals surface area contributed by atoms with E-state index in [4.69, 9.17) is 22.9 Å². The van der Waals surface area contributed by atoms with E-state index in [1.165, 1.54) is 0 Å². The van der Waals surface area contributed by atoms with Crippen LogP contribution in [0.25, 0.3) is 0 Å². The maximum absolute atomic E-state index is 13.4. The van der Waals surface area contributed by atoms with Crippen molar-refractivity contribution >= 4 is 29.6 Å². The molecule has 11 N–H and O–H groups in total. The second-order valence-electron chi connectivity index (χ2n) is 10.2. The molecule has 12 nitrogen and oxygen atoms in total. The van der Waals surface area contributed by atoms with Crippen molar-refractivity contribution in [1.29, 1.82) is 0 Å². The molecule has 0 aliphatic rings. The number of amides is 4. The molecule has 0 fully saturated rings. The zero-order valence-corrected chi connectivity index (χ0v) is 23.6. The van der Waals surface area contributed by atoms with Crippen molar-refractivity contribution in [3.05, 3.63) is 71.8 Å². The molecule has 0 heterocycles. The lowest BCUT2D eigenvalue weighted by atomic mass is 9.99. The van der Waals surface area contributed by atoms with Crippen LogP contribution in [0.1, 0.15) is 37.8 Å². The highest BCUT2D eigenvalue weighted by Crippen LogP contribution is 2.09. The Morgan fingerprint density at radius 2 is 1.27 bits per heavy atom. The maximum Gasteiger partial charge on any atom is 0.243 e. The van der Waals surface area contributed by atoms with Gasteiger partial charge in [0.15, 0.2) is 5.96 Å². The first-order valence-corrected chi connectivity index (χ1v) is 13.6. The number of carbonyl (C=O) groups is 4. The molecule has 4 atom stereocenters. The summed E-state index contributed by atoms with van der Waals surface area (Å²) in [6.45, 7) is 3.81. The van der Waals surface area contributed by atoms with Crippen molar-refractivity contribution in [3.8, 4) is 0 Å². The fraction of sp³-hybridized carbons (Fsp3) is 0.414. The number of guanidine groups is 1. The van der Waals surface area contributed by atoms with Crippen LogP contribution >= 0.6 is 0 Å². The summed E-state index contributed by atoms with van der Waals surface area (Å²) in [7, 11) is 0. The number of benzene rings is 2. The van der Waals surface area contributed by atoms with Gasteiger partial charge in [-0.2, -0.15) is 0 Å². The maximum atomic E-state index is 13.4. The molecular formula is C29H42N8O4. The zero-order valence-electron chi connectivity index (χ0n) is 23.6. The summed E-state index contributed by atoms with van der Waals surface area (Å²) in [6, 6.07) is 14.5. The molecule has 0 saturated heterocycles. The Labute approximate surface area is 240 Å². The number of nitrogens with zero attached hydrogens (tertiary/aromatic N) is 1. The average molecular weight is 567 g/mol. The van der Waals surface area contributed by atoms with E-state index in [-0.39, 0.29) is 31.3 Å². The summed E-state index contributed by atoms with van der Waals surface area (Å²) in [6.07, 6.45) is 1.04. The van der Waals surface area contributed by atoms with E-state index >= 15 is 0 Å². The number of aliphatic imine (C=N–C) groups is 1. The Bertz CT molecular complexity index is 1170. The predicted molar refractivity (Wildman–Crippen MR) is 158 cm³/mol. The van der Waals surface area contributed by atoms with E-state index in [0.717, 1.165) is 11.1 Å². The molecule has 2 aromatic rings. The third-order valence-corrected chi connectivity index (χ3v) is 6.40. The van der Waals surface area contributed by atoms with Crippen LogP contribution in [0, 0.1) is 5.92 Å². The normalized spacial score (nSPS) is 13.8. The fourth-order valence-electron chi connectivity index (χ4n) is 4.14. The Morgan fingerprint density at radius 1 is 0.732 bits per heavy atom. The number of hydrogen-bond donors (Lipinski definition) is 7. The molecule has 0 aromatic heterocycles. The molecule has 0 spiro atoms. The van der Waals surface area contributed by atoms with Gasteiger partial charge in [0, 0.05) is 13.0 Å². The Morgan fingerprint density at radius 3 is 1.78 bits per heavy atom. The SMILES string of the molecule is CC(C)[C@H](NC(=O)[C@@H](N)Cc1ccccc1)C(=O)N[C@@H](Cc1ccccc1)C(=O)N[C@@H](CCCN=C(N)N)C(N)=O. The van der Waals surface area contributed by atoms with E-state index in [0.29, 0.717) is 12.8 Å². The highest BCUT2D eigenvalue weighted by molar-refractivity contribution is 5.94. The van der Waals surface area contributed by atoms with Crippen molar-refractivity contribution in [3.63, 3.8) is 0 Å². The van der Waals surface area contributed by atoms with E-state index in [9.17, 15) is 19.2 Å². The third kappa shape index (κ3) is 11.7. The van der Waals surface area contributed by atoms with Crippen LogP contribution in [0.5, 0.6) is 0 Å². The predicted octanol–water partition coefficient (Wildman–Crippen LogP) is -0.552. The lowest BCUT2D eigenvalue weighted by molar-refractivity contribution is -0.134. The van der Waals surface area contributed by atoms with Crippen LogP contribution < -0.4 is 38.9 Å². The summed E-state index contributed by atoms with van der Waals surface area (Å²) in [5.41, 5.74) is 24.0. The van der Waals surface area contributed by atoms with Gasteiger partial charge < -0.3 is 38.9 Å². The number of carbonyl (C=O) groups excluding carboxylic acids is 4. The van der Waals surface area contributed by atoms with E-state index in [1.54, 1.807) is 13.8 Å². The number of nitrogens with one attached hydrogen (secondary N) is 3. The summed E-state index contributed by atoms with van der Waals surface area (Å²) < 4.78 is 0. The lowest BCUT2D eigenvalue weighted by Crippen LogP contribution is -2.59. The molecule has 41 heavy (non-hydrogen) atoms. The topological polar surface area (TPSA) is 221 Å². The first-order chi connectivity index (χ1) is 19.5. The highest BCUT2D eigenvalue weighted by atomic mass is 16.2. The number of primary amides is 1. The summed E-state index contributed by atoms with van der Waals surface area (Å²) in [5, 5.41) is 8.12. The Balaban J connectivity index is 2.15. The first kappa shape index (κ1) is 32.8. The standard InChI is InChI=1S/C29H42N8O4/c1-18(2)24(37-26(39)21(30)16-19-10-5-3-6-11-19)28(41)36-23(17-20-12-7-4-8-13-20)27(40)35-22(25(31)38)14-9-15-34-29(32)33/h3-8,10-13,18,21-24H,9,14-17,30H2,1-2H3,(H2,31,38)(H,35,40)(H,36,41)(H,37,39)(H4,32,33,34)/t21-,22-,23-,24-/m0/s1. The molecule has 2 rings (SSSR count). The fourth-order valence-corrected chi connectivity index (χ4v) is 4.14. The molecule has 0 aliphatic heterocycles. The minimum absolute atomic E-state index is 0.0804. The molecule has 0 saturated carbocycles. The molecule has 0 aliphatic carbocycles. The van der Waals surface area contributed by atoms with Crippen molar-refractivity contribution in [2.24, 2.45) is 33.8 Å². The Hall–Kier alpha value is -4.45. The van der Waals surface area contributed by atoms with Gasteiger partial charge in [-0.05, 0) is 36.3 Å². The van der Waals surface area contributed by atoms with Crippen LogP contribution in [0.15, 0.2) is 65.7 Å². The number of rotatable bonds is 16. The number of nitrogens with two attached hydrogens (primary N) is 4. The van der Waals surface area contributed by atoms with Gasteiger partial charge in [-0.15, -0.1) is 0 Å². The van der Waals surface area contributed by atoms with Crippen molar-refractivity contribution in [2.75, 3.05) is 6.54 Å². The summed E-state index contributed by atoms with van der Waals surface area (Å²) in [4.78, 5) is 55.6. The van der Waals surface area contributed by atoms with E-state index < -0.39 is 47.8 Å². The Kier molecular flexibility index (Phi) is 13.3. The van der Waals surface area contributed by atoms with Crippen molar-refractivity contribution in [2.45, 2.75) is 63.7 Å². The monoisotopic (exact) mass is 566 g/mol. The van der Waals surface area contributed by atoms with Crippen LogP contribution in [-0.4, -0.2) is 60.3 Å². The second-order valence-corrected chi connectivity index (χ2v) is 10.2. The molecule has 0 radical (unpaired) electrons. The molecule has 12 heteroatoms. The van der Waals surface area contributed by atoms with Crippen LogP contribution in [0.2, 0.25) is 0 Å². The first-order valence-electron chi connectivity index (χ1n) is 13.6. The zero-order chi connectivity index (χ0) is 30.4. The summed E-state index contributed by atoms with van der Waals surface area (Å²) >= 11 is 0. The largest absolute Gasteiger partial charge is 0.370 e. The quantitative estimate of drug-likeness (QED) is 0.0797. The van der Waals surface area contributed by atoms with E-state index in [2.05, 4.69) is 20.9 Å². The molecule has 2 aromatic carbocycles. The molecular weight excluding hydrogens is 524 g/mol. The van der Waals surface area contributed by atoms with Crippen LogP contribution in [0.3, 0.4) is 0 Å². The van der Waals surface area contributed by atoms with E-state index in [1.807, 2.05) is 60.7 Å². The van der Waals surface area contributed by atoms with Gasteiger partial charge >= 0.3 is 0 Å². The average Bonchev–Trinajstić information content (AvgIpc) is 2.93. The van der Waals surface area contributed by atoms with Gasteiger partial charge in [-0.25, -0.2) is 0 Å².